The summed E-state index contributed by atoms with van der Waals surface area (Å²) < 4.78 is 0. The Bertz CT molecular complexity index is 2830. The third-order valence-corrected chi connectivity index (χ3v) is 11.4. The molecule has 252 valence electrons. The predicted octanol–water partition coefficient (Wildman–Crippen LogP) is 12.8. The van der Waals surface area contributed by atoms with Crippen LogP contribution < -0.4 is 4.90 Å². The summed E-state index contributed by atoms with van der Waals surface area (Å²) in [5.41, 5.74) is 16.0. The van der Waals surface area contributed by atoms with E-state index in [2.05, 4.69) is 175 Å². The fourth-order valence-corrected chi connectivity index (χ4v) is 9.16. The van der Waals surface area contributed by atoms with Crippen molar-refractivity contribution in [3.8, 4) is 44.6 Å². The Labute approximate surface area is 314 Å². The highest BCUT2D eigenvalue weighted by Gasteiger charge is 2.47. The third kappa shape index (κ3) is 4.36. The second-order valence-corrected chi connectivity index (χ2v) is 14.1. The maximum absolute atomic E-state index is 5.11. The van der Waals surface area contributed by atoms with E-state index >= 15 is 0 Å². The molecule has 3 heteroatoms. The number of rotatable bonds is 5. The minimum atomic E-state index is -0.526. The first-order valence-corrected chi connectivity index (χ1v) is 18.5. The van der Waals surface area contributed by atoms with Gasteiger partial charge in [-0.25, -0.2) is 4.98 Å². The molecule has 0 atom stereocenters. The number of pyridine rings is 2. The molecule has 9 aromatic rings. The number of hydrogen-bond donors (Lipinski definition) is 0. The average Bonchev–Trinajstić information content (AvgIpc) is 3.54. The van der Waals surface area contributed by atoms with E-state index in [9.17, 15) is 0 Å². The summed E-state index contributed by atoms with van der Waals surface area (Å²) in [6.07, 6.45) is 3.76. The summed E-state index contributed by atoms with van der Waals surface area (Å²) >= 11 is 0. The van der Waals surface area contributed by atoms with Gasteiger partial charge in [-0.1, -0.05) is 146 Å². The van der Waals surface area contributed by atoms with Crippen molar-refractivity contribution >= 4 is 28.0 Å². The second-order valence-electron chi connectivity index (χ2n) is 14.1. The van der Waals surface area contributed by atoms with Gasteiger partial charge in [-0.05, 0) is 97.9 Å². The molecule has 0 saturated carbocycles. The summed E-state index contributed by atoms with van der Waals surface area (Å²) in [7, 11) is 0. The van der Waals surface area contributed by atoms with Crippen molar-refractivity contribution in [2.45, 2.75) is 5.41 Å². The SMILES string of the molecule is c1ccc(-c2ccc3c4c(cccc24)-c2cc4c(cc2N3c2cc(-c3ccccn3)ccn2)C(c2ccccc2)(c2ccccc2)c2ccccc2-4)cc1. The minimum Gasteiger partial charge on any atom is -0.294 e. The van der Waals surface area contributed by atoms with Crippen LogP contribution in [-0.2, 0) is 5.41 Å². The first kappa shape index (κ1) is 30.5. The van der Waals surface area contributed by atoms with E-state index in [-0.39, 0.29) is 0 Å². The number of hydrogen-bond acceptors (Lipinski definition) is 3. The lowest BCUT2D eigenvalue weighted by molar-refractivity contribution is 0.768. The van der Waals surface area contributed by atoms with Crippen molar-refractivity contribution in [1.29, 1.82) is 0 Å². The van der Waals surface area contributed by atoms with E-state index in [0.717, 1.165) is 28.5 Å². The van der Waals surface area contributed by atoms with Crippen LogP contribution in [0.15, 0.2) is 200 Å². The van der Waals surface area contributed by atoms with Crippen molar-refractivity contribution < 1.29 is 0 Å². The van der Waals surface area contributed by atoms with Gasteiger partial charge in [-0.15, -0.1) is 0 Å². The molecule has 54 heavy (non-hydrogen) atoms. The Morgan fingerprint density at radius 2 is 1.09 bits per heavy atom. The maximum Gasteiger partial charge on any atom is 0.138 e. The molecule has 7 aromatic carbocycles. The van der Waals surface area contributed by atoms with Gasteiger partial charge >= 0.3 is 0 Å². The van der Waals surface area contributed by atoms with Gasteiger partial charge in [0.1, 0.15) is 5.82 Å². The van der Waals surface area contributed by atoms with Crippen molar-refractivity contribution in [3.63, 3.8) is 0 Å². The highest BCUT2D eigenvalue weighted by atomic mass is 15.2. The Morgan fingerprint density at radius 1 is 0.389 bits per heavy atom. The van der Waals surface area contributed by atoms with Crippen molar-refractivity contribution in [2.24, 2.45) is 0 Å². The van der Waals surface area contributed by atoms with Gasteiger partial charge in [0.25, 0.3) is 0 Å². The summed E-state index contributed by atoms with van der Waals surface area (Å²) in [4.78, 5) is 12.2. The zero-order chi connectivity index (χ0) is 35.6. The normalized spacial score (nSPS) is 13.3. The summed E-state index contributed by atoms with van der Waals surface area (Å²) in [6, 6.07) is 68.3. The number of fused-ring (bicyclic) bond motifs is 5. The number of nitrogens with zero attached hydrogens (tertiary/aromatic N) is 3. The molecule has 11 rings (SSSR count). The molecule has 0 spiro atoms. The smallest absolute Gasteiger partial charge is 0.138 e. The Balaban J connectivity index is 1.26. The first-order chi connectivity index (χ1) is 26.8. The predicted molar refractivity (Wildman–Crippen MR) is 221 cm³/mol. The zero-order valence-electron chi connectivity index (χ0n) is 29.4. The highest BCUT2D eigenvalue weighted by Crippen LogP contribution is 2.61. The molecule has 0 saturated heterocycles. The highest BCUT2D eigenvalue weighted by molar-refractivity contribution is 6.18. The van der Waals surface area contributed by atoms with Crippen molar-refractivity contribution in [1.82, 2.24) is 9.97 Å². The molecule has 0 amide bonds. The quantitative estimate of drug-likeness (QED) is 0.180. The molecule has 2 aromatic heterocycles. The van der Waals surface area contributed by atoms with E-state index in [1.807, 2.05) is 30.6 Å². The summed E-state index contributed by atoms with van der Waals surface area (Å²) in [5, 5.41) is 2.44. The van der Waals surface area contributed by atoms with Gasteiger partial charge in [0.05, 0.1) is 22.5 Å². The van der Waals surface area contributed by atoms with E-state index in [1.165, 1.54) is 66.4 Å². The lowest BCUT2D eigenvalue weighted by Gasteiger charge is -2.37. The van der Waals surface area contributed by atoms with Crippen molar-refractivity contribution in [3.05, 3.63) is 223 Å². The van der Waals surface area contributed by atoms with Crippen LogP contribution in [0.4, 0.5) is 17.2 Å². The van der Waals surface area contributed by atoms with Crippen LogP contribution in [0.5, 0.6) is 0 Å². The molecular weight excluding hydrogens is 655 g/mol. The summed E-state index contributed by atoms with van der Waals surface area (Å²) in [5.74, 6) is 0.850. The largest absolute Gasteiger partial charge is 0.294 e. The van der Waals surface area contributed by atoms with Crippen LogP contribution >= 0.6 is 0 Å². The van der Waals surface area contributed by atoms with E-state index in [4.69, 9.17) is 9.97 Å². The van der Waals surface area contributed by atoms with Crippen molar-refractivity contribution in [2.75, 3.05) is 4.90 Å². The Morgan fingerprint density at radius 3 is 1.85 bits per heavy atom. The Hall–Kier alpha value is -7.10. The molecular formula is C51H33N3. The van der Waals surface area contributed by atoms with Gasteiger partial charge in [0.15, 0.2) is 0 Å². The monoisotopic (exact) mass is 687 g/mol. The Kier molecular flexibility index (Phi) is 6.77. The molecule has 0 N–H and O–H groups in total. The number of benzene rings is 7. The van der Waals surface area contributed by atoms with E-state index in [1.54, 1.807) is 0 Å². The molecule has 3 heterocycles. The molecule has 0 bridgehead atoms. The van der Waals surface area contributed by atoms with Gasteiger partial charge in [0.2, 0.25) is 0 Å². The van der Waals surface area contributed by atoms with Crippen LogP contribution in [0.25, 0.3) is 55.4 Å². The second kappa shape index (κ2) is 12.0. The average molecular weight is 688 g/mol. The lowest BCUT2D eigenvalue weighted by atomic mass is 9.67. The van der Waals surface area contributed by atoms with Gasteiger partial charge in [-0.3, -0.25) is 9.88 Å². The molecule has 0 unspecified atom stereocenters. The zero-order valence-corrected chi connectivity index (χ0v) is 29.4. The summed E-state index contributed by atoms with van der Waals surface area (Å²) in [6.45, 7) is 0. The van der Waals surface area contributed by atoms with Gasteiger partial charge in [-0.2, -0.15) is 0 Å². The lowest BCUT2D eigenvalue weighted by Crippen LogP contribution is -2.29. The van der Waals surface area contributed by atoms with Gasteiger partial charge in [0, 0.05) is 28.9 Å². The number of aromatic nitrogens is 2. The molecule has 3 nitrogen and oxygen atoms in total. The number of anilines is 3. The minimum absolute atomic E-state index is 0.526. The van der Waals surface area contributed by atoms with E-state index < -0.39 is 5.41 Å². The van der Waals surface area contributed by atoms with E-state index in [0.29, 0.717) is 0 Å². The van der Waals surface area contributed by atoms with Crippen LogP contribution in [0.2, 0.25) is 0 Å². The van der Waals surface area contributed by atoms with Crippen LogP contribution in [0.3, 0.4) is 0 Å². The molecule has 0 radical (unpaired) electrons. The first-order valence-electron chi connectivity index (χ1n) is 18.5. The standard InChI is InChI=1S/C51H33N3/c1-4-15-34(16-5-1)38-26-27-47-50-40(38)22-14-23-41(50)43-32-42-39-21-10-11-24-44(39)51(36-17-6-2-7-18-36,37-19-8-3-9-20-37)45(42)33-48(43)54(47)49-31-35(28-30-53-49)46-25-12-13-29-52-46/h1-33H. The third-order valence-electron chi connectivity index (χ3n) is 11.4. The molecule has 2 aliphatic rings. The van der Waals surface area contributed by atoms with Crippen LogP contribution in [0.1, 0.15) is 22.3 Å². The molecule has 1 aliphatic carbocycles. The van der Waals surface area contributed by atoms with Crippen LogP contribution in [0, 0.1) is 0 Å². The fraction of sp³-hybridized carbons (Fsp3) is 0.0196. The van der Waals surface area contributed by atoms with Gasteiger partial charge < -0.3 is 0 Å². The maximum atomic E-state index is 5.11. The van der Waals surface area contributed by atoms with Crippen LogP contribution in [-0.4, -0.2) is 9.97 Å². The fourth-order valence-electron chi connectivity index (χ4n) is 9.16. The molecule has 0 fully saturated rings. The molecule has 1 aliphatic heterocycles. The topological polar surface area (TPSA) is 29.0 Å².